The van der Waals surface area contributed by atoms with Crippen LogP contribution in [0.15, 0.2) is 59.4 Å². The molecule has 1 heterocycles. The van der Waals surface area contributed by atoms with Gasteiger partial charge in [0.05, 0.1) is 11.4 Å². The Bertz CT molecular complexity index is 1010. The first-order valence-corrected chi connectivity index (χ1v) is 10.6. The van der Waals surface area contributed by atoms with Crippen LogP contribution in [-0.2, 0) is 6.54 Å². The lowest BCUT2D eigenvalue weighted by molar-refractivity contribution is 0.221. The van der Waals surface area contributed by atoms with Crippen molar-refractivity contribution in [3.63, 3.8) is 0 Å². The maximum absolute atomic E-state index is 8.62. The lowest BCUT2D eigenvalue weighted by atomic mass is 9.98. The normalized spacial score (nSPS) is 16.0. The molecule has 0 atom stereocenters. The maximum Gasteiger partial charge on any atom is 0.0862 e. The molecule has 0 bridgehead atoms. The molecule has 0 unspecified atom stereocenters. The van der Waals surface area contributed by atoms with Crippen molar-refractivity contribution in [2.45, 2.75) is 25.8 Å². The zero-order valence-corrected chi connectivity index (χ0v) is 18.1. The van der Waals surface area contributed by atoms with Gasteiger partial charge in [0.1, 0.15) is 0 Å². The molecule has 1 aliphatic heterocycles. The summed E-state index contributed by atoms with van der Waals surface area (Å²) in [4.78, 5) is 6.52. The molecule has 1 aliphatic rings. The van der Waals surface area contributed by atoms with Gasteiger partial charge in [0.15, 0.2) is 0 Å². The average Bonchev–Trinajstić information content (AvgIpc) is 2.78. The van der Waals surface area contributed by atoms with E-state index in [2.05, 4.69) is 22.0 Å². The van der Waals surface area contributed by atoms with Crippen LogP contribution in [0, 0.1) is 5.41 Å². The van der Waals surface area contributed by atoms with E-state index < -0.39 is 0 Å². The number of nitrogens with zero attached hydrogens (tertiary/aromatic N) is 2. The molecule has 2 aromatic carbocycles. The summed E-state index contributed by atoms with van der Waals surface area (Å²) in [5.41, 5.74) is 23.6. The molecule has 0 aliphatic carbocycles. The Morgan fingerprint density at radius 3 is 2.61 bits per heavy atom. The molecule has 0 radical (unpaired) electrons. The minimum Gasteiger partial charge on any atom is -0.404 e. The van der Waals surface area contributed by atoms with Gasteiger partial charge in [-0.2, -0.15) is 0 Å². The minimum atomic E-state index is 0.186. The molecule has 162 valence electrons. The van der Waals surface area contributed by atoms with Crippen LogP contribution in [0.2, 0.25) is 0 Å². The second-order valence-electron chi connectivity index (χ2n) is 7.87. The van der Waals surface area contributed by atoms with E-state index in [1.54, 1.807) is 19.3 Å². The molecule has 3 rings (SSSR count). The molecule has 1 fully saturated rings. The number of benzene rings is 2. The molecule has 31 heavy (non-hydrogen) atoms. The number of hydrogen-bond acceptors (Lipinski definition) is 6. The Balaban J connectivity index is 1.82. The van der Waals surface area contributed by atoms with Crippen LogP contribution in [0.5, 0.6) is 0 Å². The number of aliphatic imine (C=N–C) groups is 1. The topological polar surface area (TPSA) is 118 Å². The number of nitrogens with one attached hydrogen (secondary N) is 1. The number of allylic oxidation sites excluding steroid dienone is 2. The maximum atomic E-state index is 8.62. The first kappa shape index (κ1) is 22.3. The monoisotopic (exact) mass is 416 g/mol. The summed E-state index contributed by atoms with van der Waals surface area (Å²) in [7, 11) is 1.68. The number of piperidine rings is 1. The van der Waals surface area contributed by atoms with Crippen molar-refractivity contribution in [2.75, 3.05) is 25.9 Å². The number of rotatable bonds is 7. The first-order valence-electron chi connectivity index (χ1n) is 10.6. The van der Waals surface area contributed by atoms with E-state index in [4.69, 9.17) is 22.6 Å². The number of anilines is 1. The quantitative estimate of drug-likeness (QED) is 0.407. The fraction of sp³-hybridized carbons (Fsp3) is 0.280. The fourth-order valence-corrected chi connectivity index (χ4v) is 3.87. The second kappa shape index (κ2) is 10.6. The highest BCUT2D eigenvalue weighted by Gasteiger charge is 2.13. The third kappa shape index (κ3) is 5.83. The van der Waals surface area contributed by atoms with Crippen molar-refractivity contribution in [2.24, 2.45) is 16.5 Å². The van der Waals surface area contributed by atoms with Gasteiger partial charge >= 0.3 is 0 Å². The molecule has 1 saturated heterocycles. The van der Waals surface area contributed by atoms with Crippen LogP contribution in [-0.4, -0.2) is 37.0 Å². The van der Waals surface area contributed by atoms with Gasteiger partial charge < -0.3 is 17.2 Å². The summed E-state index contributed by atoms with van der Waals surface area (Å²) in [6.45, 7) is 3.26. The molecule has 0 saturated carbocycles. The summed E-state index contributed by atoms with van der Waals surface area (Å²) in [6, 6.07) is 13.8. The van der Waals surface area contributed by atoms with E-state index in [1.165, 1.54) is 31.0 Å². The molecule has 7 N–H and O–H groups in total. The van der Waals surface area contributed by atoms with E-state index >= 15 is 0 Å². The Morgan fingerprint density at radius 1 is 1.13 bits per heavy atom. The van der Waals surface area contributed by atoms with E-state index in [-0.39, 0.29) is 5.71 Å². The van der Waals surface area contributed by atoms with Crippen LogP contribution in [0.25, 0.3) is 11.6 Å². The largest absolute Gasteiger partial charge is 0.404 e. The summed E-state index contributed by atoms with van der Waals surface area (Å²) >= 11 is 0. The molecule has 0 aromatic heterocycles. The van der Waals surface area contributed by atoms with E-state index in [9.17, 15) is 0 Å². The van der Waals surface area contributed by atoms with Crippen molar-refractivity contribution in [3.8, 4) is 0 Å². The number of nitrogens with two attached hydrogens (primary N) is 3. The average molecular weight is 417 g/mol. The van der Waals surface area contributed by atoms with Gasteiger partial charge in [-0.25, -0.2) is 0 Å². The zero-order chi connectivity index (χ0) is 22.2. The predicted molar refractivity (Wildman–Crippen MR) is 132 cm³/mol. The zero-order valence-electron chi connectivity index (χ0n) is 18.1. The summed E-state index contributed by atoms with van der Waals surface area (Å²) in [5, 5.41) is 8.62. The van der Waals surface area contributed by atoms with Gasteiger partial charge in [0.2, 0.25) is 0 Å². The Kier molecular flexibility index (Phi) is 7.62. The van der Waals surface area contributed by atoms with Gasteiger partial charge in [-0.05, 0) is 60.8 Å². The van der Waals surface area contributed by atoms with Crippen LogP contribution >= 0.6 is 0 Å². The minimum absolute atomic E-state index is 0.186. The number of hydrogen-bond donors (Lipinski definition) is 4. The van der Waals surface area contributed by atoms with Crippen LogP contribution in [0.4, 0.5) is 5.69 Å². The molecule has 2 aromatic rings. The van der Waals surface area contributed by atoms with Crippen molar-refractivity contribution in [3.05, 3.63) is 76.6 Å². The Hall–Kier alpha value is -3.38. The third-order valence-electron chi connectivity index (χ3n) is 5.52. The van der Waals surface area contributed by atoms with Crippen LogP contribution < -0.4 is 17.2 Å². The third-order valence-corrected chi connectivity index (χ3v) is 5.52. The predicted octanol–water partition coefficient (Wildman–Crippen LogP) is 3.62. The lowest BCUT2D eigenvalue weighted by Gasteiger charge is -2.26. The molecule has 6 nitrogen and oxygen atoms in total. The highest BCUT2D eigenvalue weighted by atomic mass is 15.1. The number of nitrogen functional groups attached to an aromatic ring is 1. The van der Waals surface area contributed by atoms with E-state index in [0.717, 1.165) is 36.3 Å². The van der Waals surface area contributed by atoms with E-state index in [0.29, 0.717) is 16.9 Å². The summed E-state index contributed by atoms with van der Waals surface area (Å²) in [5.74, 6) is 0. The summed E-state index contributed by atoms with van der Waals surface area (Å²) < 4.78 is 0. The van der Waals surface area contributed by atoms with Gasteiger partial charge in [-0.1, -0.05) is 36.8 Å². The standard InChI is InChI=1S/C25H32N6/c1-30-16-21(15-26)20-8-9-23(27)22(14-20)25(29)24(28)13-18-6-5-7-19(12-18)17-31-10-3-2-4-11-31/h5-9,12-16,29H,2-4,10-11,17,26-28H2,1H3/b21-15+,24-13-,29-25?,30-16?. The first-order chi connectivity index (χ1) is 15.0. The van der Waals surface area contributed by atoms with Gasteiger partial charge in [0.25, 0.3) is 0 Å². The Labute approximate surface area is 184 Å². The van der Waals surface area contributed by atoms with Crippen molar-refractivity contribution >= 4 is 29.3 Å². The molecular formula is C25H32N6. The van der Waals surface area contributed by atoms with E-state index in [1.807, 2.05) is 30.3 Å². The SMILES string of the molecule is CN=C/C(=C\N)c1ccc(N)c(C(=N)/C(N)=C/c2cccc(CN3CCCCC3)c2)c1. The second-order valence-corrected chi connectivity index (χ2v) is 7.87. The van der Waals surface area contributed by atoms with Gasteiger partial charge in [-0.3, -0.25) is 15.3 Å². The molecular weight excluding hydrogens is 384 g/mol. The molecule has 6 heteroatoms. The fourth-order valence-electron chi connectivity index (χ4n) is 3.87. The van der Waals surface area contributed by atoms with Crippen molar-refractivity contribution in [1.82, 2.24) is 4.90 Å². The number of likely N-dealkylation sites (tertiary alicyclic amines) is 1. The van der Waals surface area contributed by atoms with Crippen LogP contribution in [0.3, 0.4) is 0 Å². The highest BCUT2D eigenvalue weighted by Crippen LogP contribution is 2.22. The smallest absolute Gasteiger partial charge is 0.0862 e. The summed E-state index contributed by atoms with van der Waals surface area (Å²) in [6.07, 6.45) is 8.87. The van der Waals surface area contributed by atoms with Crippen LogP contribution in [0.1, 0.15) is 41.5 Å². The Morgan fingerprint density at radius 2 is 1.90 bits per heavy atom. The van der Waals surface area contributed by atoms with Crippen molar-refractivity contribution < 1.29 is 0 Å². The molecule has 0 spiro atoms. The van der Waals surface area contributed by atoms with Gasteiger partial charge in [0, 0.05) is 42.8 Å². The van der Waals surface area contributed by atoms with Gasteiger partial charge in [-0.15, -0.1) is 0 Å². The molecule has 0 amide bonds. The highest BCUT2D eigenvalue weighted by molar-refractivity contribution is 6.16. The lowest BCUT2D eigenvalue weighted by Crippen LogP contribution is -2.29. The van der Waals surface area contributed by atoms with Crippen molar-refractivity contribution in [1.29, 1.82) is 5.41 Å².